The number of carbonyl (C=O) groups is 1. The van der Waals surface area contributed by atoms with E-state index >= 15 is 0 Å². The molecule has 2 aliphatic rings. The number of amidine groups is 1. The Balaban J connectivity index is 1.76. The maximum atomic E-state index is 11.7. The molecule has 0 radical (unpaired) electrons. The first-order chi connectivity index (χ1) is 15.1. The average Bonchev–Trinajstić information content (AvgIpc) is 3.28. The van der Waals surface area contributed by atoms with Crippen LogP contribution in [0.5, 0.6) is 0 Å². The summed E-state index contributed by atoms with van der Waals surface area (Å²) in [6.45, 7) is 0. The highest BCUT2D eigenvalue weighted by Crippen LogP contribution is 2.56. The Morgan fingerprint density at radius 1 is 1.32 bits per heavy atom. The van der Waals surface area contributed by atoms with Crippen LogP contribution < -0.4 is 5.73 Å². The highest BCUT2D eigenvalue weighted by atomic mass is 32.2. The molecule has 1 fully saturated rings. The molecule has 0 bridgehead atoms. The molecule has 1 aromatic heterocycles. The Kier molecular flexibility index (Phi) is 6.44. The molecule has 6 nitrogen and oxygen atoms in total. The molecule has 2 heterocycles. The van der Waals surface area contributed by atoms with Crippen molar-refractivity contribution in [1.29, 1.82) is 5.26 Å². The fourth-order valence-electron chi connectivity index (χ4n) is 4.57. The van der Waals surface area contributed by atoms with Crippen molar-refractivity contribution in [2.75, 3.05) is 12.9 Å². The number of hydrogen-bond acceptors (Lipinski definition) is 8. The summed E-state index contributed by atoms with van der Waals surface area (Å²) >= 11 is 2.80. The Labute approximate surface area is 190 Å². The zero-order chi connectivity index (χ0) is 21.8. The van der Waals surface area contributed by atoms with Crippen LogP contribution in [0.25, 0.3) is 11.3 Å². The van der Waals surface area contributed by atoms with Gasteiger partial charge in [0.1, 0.15) is 15.9 Å². The van der Waals surface area contributed by atoms with Crippen molar-refractivity contribution in [2.45, 2.75) is 38.0 Å². The Hall–Kier alpha value is -2.63. The molecule has 1 atom stereocenters. The van der Waals surface area contributed by atoms with Gasteiger partial charge in [-0.2, -0.15) is 5.26 Å². The van der Waals surface area contributed by atoms with Crippen molar-refractivity contribution >= 4 is 34.9 Å². The first-order valence-corrected chi connectivity index (χ1v) is 12.1. The predicted octanol–water partition coefficient (Wildman–Crippen LogP) is 4.86. The van der Waals surface area contributed by atoms with Crippen LogP contribution in [0.15, 0.2) is 51.3 Å². The second-order valence-electron chi connectivity index (χ2n) is 7.78. The van der Waals surface area contributed by atoms with E-state index in [1.165, 1.54) is 18.9 Å². The quantitative estimate of drug-likeness (QED) is 0.650. The minimum absolute atomic E-state index is 0.101. The molecule has 0 amide bonds. The topological polar surface area (TPSA) is 101 Å². The van der Waals surface area contributed by atoms with E-state index < -0.39 is 5.41 Å². The number of thioether (sulfide) groups is 1. The lowest BCUT2D eigenvalue weighted by Gasteiger charge is -2.44. The number of allylic oxidation sites excluding steroid dienone is 1. The molecule has 1 saturated carbocycles. The number of thiazole rings is 1. The molecule has 8 heteroatoms. The molecule has 0 saturated heterocycles. The lowest BCUT2D eigenvalue weighted by molar-refractivity contribution is -0.137. The number of nitrogens with two attached hydrogens (primary N) is 1. The molecule has 1 aliphatic carbocycles. The van der Waals surface area contributed by atoms with E-state index in [0.29, 0.717) is 16.4 Å². The number of ether oxygens (including phenoxy) is 1. The number of aromatic nitrogens is 1. The molecule has 1 aliphatic heterocycles. The van der Waals surface area contributed by atoms with E-state index in [1.54, 1.807) is 11.3 Å². The van der Waals surface area contributed by atoms with Crippen LogP contribution >= 0.6 is 23.1 Å². The summed E-state index contributed by atoms with van der Waals surface area (Å²) < 4.78 is 4.76. The molecule has 0 unspecified atom stereocenters. The largest absolute Gasteiger partial charge is 0.468 e. The molecule has 2 aromatic rings. The number of aliphatic imine (C=N–C) groups is 1. The average molecular weight is 453 g/mol. The van der Waals surface area contributed by atoms with Gasteiger partial charge in [0.15, 0.2) is 0 Å². The summed E-state index contributed by atoms with van der Waals surface area (Å²) in [4.78, 5) is 21.2. The van der Waals surface area contributed by atoms with Crippen LogP contribution in [0.2, 0.25) is 0 Å². The standard InChI is InChI=1S/C23H24N4O2S2/c1-29-18(28)14-31-21-16(12-24)23(10-6-3-7-11-23)19(20(25)27-21)22-26-17(13-30-22)15-8-4-2-5-9-15/h2,4-5,8-9,13,19H,3,6-7,10-11,14H2,1H3,(H2,25,27)/t19-/m1/s1. The van der Waals surface area contributed by atoms with Gasteiger partial charge in [0, 0.05) is 16.4 Å². The van der Waals surface area contributed by atoms with Gasteiger partial charge in [0.25, 0.3) is 0 Å². The van der Waals surface area contributed by atoms with E-state index in [2.05, 4.69) is 11.1 Å². The number of hydrogen-bond donors (Lipinski definition) is 1. The summed E-state index contributed by atoms with van der Waals surface area (Å²) in [5.41, 5.74) is 8.73. The Bertz CT molecular complexity index is 1060. The van der Waals surface area contributed by atoms with Gasteiger partial charge in [0.2, 0.25) is 0 Å². The SMILES string of the molecule is COC(=O)CSC1=C(C#N)C2(CCCCC2)[C@@H](c2nc(-c3ccccc3)cs2)C(N)=N1. The predicted molar refractivity (Wildman–Crippen MR) is 125 cm³/mol. The number of methoxy groups -OCH3 is 1. The number of esters is 1. The van der Waals surface area contributed by atoms with E-state index in [9.17, 15) is 10.1 Å². The van der Waals surface area contributed by atoms with Crippen molar-refractivity contribution < 1.29 is 9.53 Å². The van der Waals surface area contributed by atoms with Crippen LogP contribution in [0.4, 0.5) is 0 Å². The zero-order valence-corrected chi connectivity index (χ0v) is 19.0. The van der Waals surface area contributed by atoms with E-state index in [-0.39, 0.29) is 17.6 Å². The van der Waals surface area contributed by atoms with Crippen LogP contribution in [0, 0.1) is 16.7 Å². The number of nitriles is 1. The van der Waals surface area contributed by atoms with Crippen molar-refractivity contribution in [3.05, 3.63) is 51.3 Å². The third-order valence-electron chi connectivity index (χ3n) is 6.04. The maximum Gasteiger partial charge on any atom is 0.316 e. The lowest BCUT2D eigenvalue weighted by atomic mass is 9.61. The van der Waals surface area contributed by atoms with Gasteiger partial charge in [-0.15, -0.1) is 11.3 Å². The second-order valence-corrected chi connectivity index (χ2v) is 9.63. The van der Waals surface area contributed by atoms with Crippen molar-refractivity contribution in [3.8, 4) is 17.3 Å². The van der Waals surface area contributed by atoms with Gasteiger partial charge < -0.3 is 10.5 Å². The Morgan fingerprint density at radius 3 is 2.74 bits per heavy atom. The second kappa shape index (κ2) is 9.25. The molecule has 4 rings (SSSR count). The molecule has 31 heavy (non-hydrogen) atoms. The van der Waals surface area contributed by atoms with Crippen molar-refractivity contribution in [3.63, 3.8) is 0 Å². The van der Waals surface area contributed by atoms with Crippen LogP contribution in [0.1, 0.15) is 43.0 Å². The van der Waals surface area contributed by atoms with Crippen LogP contribution in [0.3, 0.4) is 0 Å². The van der Waals surface area contributed by atoms with E-state index in [4.69, 9.17) is 15.5 Å². The summed E-state index contributed by atoms with van der Waals surface area (Å²) in [5.74, 6) is -0.00495. The molecule has 1 aromatic carbocycles. The number of nitrogens with zero attached hydrogens (tertiary/aromatic N) is 3. The van der Waals surface area contributed by atoms with Crippen LogP contribution in [-0.4, -0.2) is 29.7 Å². The number of rotatable bonds is 5. The van der Waals surface area contributed by atoms with Crippen molar-refractivity contribution in [2.24, 2.45) is 16.1 Å². The van der Waals surface area contributed by atoms with E-state index in [0.717, 1.165) is 48.4 Å². The van der Waals surface area contributed by atoms with Gasteiger partial charge in [-0.3, -0.25) is 4.79 Å². The zero-order valence-electron chi connectivity index (χ0n) is 17.3. The third-order valence-corrected chi connectivity index (χ3v) is 7.90. The van der Waals surface area contributed by atoms with Crippen LogP contribution in [-0.2, 0) is 9.53 Å². The van der Waals surface area contributed by atoms with Gasteiger partial charge in [-0.25, -0.2) is 9.98 Å². The first-order valence-electron chi connectivity index (χ1n) is 10.3. The van der Waals surface area contributed by atoms with Gasteiger partial charge in [-0.05, 0) is 12.8 Å². The minimum atomic E-state index is -0.427. The fourth-order valence-corrected chi connectivity index (χ4v) is 6.56. The van der Waals surface area contributed by atoms with Gasteiger partial charge in [-0.1, -0.05) is 61.4 Å². The third kappa shape index (κ3) is 4.12. The highest BCUT2D eigenvalue weighted by Gasteiger charge is 2.50. The smallest absolute Gasteiger partial charge is 0.316 e. The minimum Gasteiger partial charge on any atom is -0.468 e. The fraction of sp³-hybridized carbons (Fsp3) is 0.391. The summed E-state index contributed by atoms with van der Waals surface area (Å²) in [7, 11) is 1.35. The summed E-state index contributed by atoms with van der Waals surface area (Å²) in [6, 6.07) is 12.5. The highest BCUT2D eigenvalue weighted by molar-refractivity contribution is 8.03. The Morgan fingerprint density at radius 2 is 2.06 bits per heavy atom. The van der Waals surface area contributed by atoms with Crippen molar-refractivity contribution in [1.82, 2.24) is 4.98 Å². The molecule has 1 spiro atoms. The number of carbonyl (C=O) groups excluding carboxylic acids is 1. The molecule has 160 valence electrons. The van der Waals surface area contributed by atoms with E-state index in [1.807, 2.05) is 35.7 Å². The molecular formula is C23H24N4O2S2. The number of benzene rings is 1. The lowest BCUT2D eigenvalue weighted by Crippen LogP contribution is -2.43. The molecule has 2 N–H and O–H groups in total. The normalized spacial score (nSPS) is 20.3. The monoisotopic (exact) mass is 452 g/mol. The summed E-state index contributed by atoms with van der Waals surface area (Å²) in [6.07, 6.45) is 4.92. The summed E-state index contributed by atoms with van der Waals surface area (Å²) in [5, 5.41) is 13.7. The first kappa shape index (κ1) is 21.6. The maximum absolute atomic E-state index is 11.7. The molecular weight excluding hydrogens is 428 g/mol. The van der Waals surface area contributed by atoms with Gasteiger partial charge >= 0.3 is 5.97 Å². The van der Waals surface area contributed by atoms with Gasteiger partial charge in [0.05, 0.1) is 36.1 Å².